The summed E-state index contributed by atoms with van der Waals surface area (Å²) in [6.45, 7) is 3.53. The number of anilines is 3. The minimum absolute atomic E-state index is 0.0565. The average Bonchev–Trinajstić information content (AvgIpc) is 3.58. The van der Waals surface area contributed by atoms with Crippen molar-refractivity contribution in [3.63, 3.8) is 0 Å². The van der Waals surface area contributed by atoms with Crippen LogP contribution in [0.25, 0.3) is 11.0 Å². The predicted molar refractivity (Wildman–Crippen MR) is 132 cm³/mol. The molecule has 2 fully saturated rings. The van der Waals surface area contributed by atoms with Crippen molar-refractivity contribution in [2.75, 3.05) is 56.8 Å². The number of morpholine rings is 1. The number of aromatic nitrogens is 3. The number of amides is 1. The zero-order valence-corrected chi connectivity index (χ0v) is 20.5. The van der Waals surface area contributed by atoms with Crippen LogP contribution in [0.1, 0.15) is 34.3 Å². The van der Waals surface area contributed by atoms with Crippen LogP contribution >= 0.6 is 0 Å². The lowest BCUT2D eigenvalue weighted by Gasteiger charge is -2.27. The van der Waals surface area contributed by atoms with Gasteiger partial charge in [0, 0.05) is 56.1 Å². The Hall–Kier alpha value is -3.58. The van der Waals surface area contributed by atoms with Crippen molar-refractivity contribution >= 4 is 34.4 Å². The van der Waals surface area contributed by atoms with Gasteiger partial charge < -0.3 is 34.7 Å². The van der Waals surface area contributed by atoms with Crippen LogP contribution in [-0.2, 0) is 22.1 Å². The molecule has 1 amide bonds. The van der Waals surface area contributed by atoms with E-state index < -0.39 is 11.7 Å². The maximum absolute atomic E-state index is 13.8. The topological polar surface area (TPSA) is 114 Å². The van der Waals surface area contributed by atoms with Crippen molar-refractivity contribution in [2.24, 2.45) is 0 Å². The fraction of sp³-hybridized carbons (Fsp3) is 0.480. The van der Waals surface area contributed by atoms with Gasteiger partial charge in [0.1, 0.15) is 17.2 Å². The number of aromatic amines is 1. The Morgan fingerprint density at radius 1 is 1.05 bits per heavy atom. The highest BCUT2D eigenvalue weighted by molar-refractivity contribution is 5.98. The van der Waals surface area contributed by atoms with E-state index in [1.165, 1.54) is 0 Å². The Kier molecular flexibility index (Phi) is 6.48. The zero-order valence-electron chi connectivity index (χ0n) is 20.5. The second-order valence-electron chi connectivity index (χ2n) is 9.45. The van der Waals surface area contributed by atoms with E-state index in [9.17, 15) is 18.0 Å². The Balaban J connectivity index is 1.34. The number of carbonyl (C=O) groups is 1. The molecule has 0 radical (unpaired) electrons. The monoisotopic (exact) mass is 532 g/mol. The van der Waals surface area contributed by atoms with Crippen LogP contribution in [-0.4, -0.2) is 77.9 Å². The number of nitrogens with zero attached hydrogens (tertiary/aromatic N) is 3. The van der Waals surface area contributed by atoms with Gasteiger partial charge >= 0.3 is 6.18 Å². The number of fused-ring (bicyclic) bond motifs is 2. The van der Waals surface area contributed by atoms with Crippen LogP contribution in [0.2, 0.25) is 0 Å². The molecule has 38 heavy (non-hydrogen) atoms. The summed E-state index contributed by atoms with van der Waals surface area (Å²) in [5.41, 5.74) is 1.12. The van der Waals surface area contributed by atoms with E-state index in [2.05, 4.69) is 25.6 Å². The Labute approximate surface area is 215 Å². The van der Waals surface area contributed by atoms with Crippen LogP contribution in [0.5, 0.6) is 5.75 Å². The molecule has 10 nitrogen and oxygen atoms in total. The second-order valence-corrected chi connectivity index (χ2v) is 9.45. The molecule has 0 atom stereocenters. The number of H-pyrrole nitrogens is 1. The Morgan fingerprint density at radius 2 is 1.82 bits per heavy atom. The van der Waals surface area contributed by atoms with Gasteiger partial charge in [-0.05, 0) is 25.0 Å². The number of halogens is 3. The number of ether oxygens (including phenoxy) is 3. The molecule has 1 aromatic carbocycles. The number of rotatable bonds is 5. The van der Waals surface area contributed by atoms with E-state index in [0.29, 0.717) is 82.4 Å². The van der Waals surface area contributed by atoms with E-state index in [4.69, 9.17) is 14.2 Å². The number of nitrogens with one attached hydrogen (secondary N) is 3. The van der Waals surface area contributed by atoms with Crippen LogP contribution < -0.4 is 15.4 Å². The van der Waals surface area contributed by atoms with E-state index in [1.807, 2.05) is 0 Å². The van der Waals surface area contributed by atoms with E-state index in [1.54, 1.807) is 17.0 Å². The molecule has 13 heteroatoms. The molecule has 3 aromatic rings. The van der Waals surface area contributed by atoms with E-state index in [0.717, 1.165) is 11.8 Å². The van der Waals surface area contributed by atoms with Gasteiger partial charge in [0.15, 0.2) is 0 Å². The first-order chi connectivity index (χ1) is 18.4. The minimum Gasteiger partial charge on any atom is -0.491 e. The fourth-order valence-corrected chi connectivity index (χ4v) is 5.10. The molecule has 5 heterocycles. The predicted octanol–water partition coefficient (Wildman–Crippen LogP) is 3.72. The molecule has 3 aliphatic heterocycles. The largest absolute Gasteiger partial charge is 0.491 e. The van der Waals surface area contributed by atoms with Crippen molar-refractivity contribution in [1.82, 2.24) is 19.9 Å². The third-order valence-corrected chi connectivity index (χ3v) is 7.03. The first-order valence-corrected chi connectivity index (χ1v) is 12.6. The molecular formula is C25H27F3N6O4. The molecule has 0 saturated carbocycles. The van der Waals surface area contributed by atoms with Crippen LogP contribution in [0, 0.1) is 0 Å². The SMILES string of the molecule is O=C(c1ccc(Nc2nc(NC3CCOCC3)c3c(C(F)(F)F)c[nH]c3n2)c2c1CCO2)N1CCOCC1. The highest BCUT2D eigenvalue weighted by Crippen LogP contribution is 2.40. The summed E-state index contributed by atoms with van der Waals surface area (Å²) < 4.78 is 57.9. The molecule has 6 rings (SSSR count). The van der Waals surface area contributed by atoms with Crippen LogP contribution in [0.3, 0.4) is 0 Å². The number of alkyl halides is 3. The van der Waals surface area contributed by atoms with E-state index in [-0.39, 0.29) is 34.7 Å². The first-order valence-electron chi connectivity index (χ1n) is 12.6. The maximum atomic E-state index is 13.8. The summed E-state index contributed by atoms with van der Waals surface area (Å²) in [5.74, 6) is 0.643. The van der Waals surface area contributed by atoms with Crippen molar-refractivity contribution in [1.29, 1.82) is 0 Å². The van der Waals surface area contributed by atoms with Gasteiger partial charge in [-0.3, -0.25) is 4.79 Å². The molecule has 2 saturated heterocycles. The summed E-state index contributed by atoms with van der Waals surface area (Å²) >= 11 is 0. The van der Waals surface area contributed by atoms with Crippen molar-refractivity contribution in [3.05, 3.63) is 35.0 Å². The summed E-state index contributed by atoms with van der Waals surface area (Å²) in [7, 11) is 0. The van der Waals surface area contributed by atoms with Crippen molar-refractivity contribution in [3.8, 4) is 5.75 Å². The molecule has 2 aromatic heterocycles. The minimum atomic E-state index is -4.57. The lowest BCUT2D eigenvalue weighted by molar-refractivity contribution is -0.136. The van der Waals surface area contributed by atoms with Gasteiger partial charge in [-0.1, -0.05) is 0 Å². The molecule has 3 aliphatic rings. The Morgan fingerprint density at radius 3 is 2.58 bits per heavy atom. The van der Waals surface area contributed by atoms with Crippen molar-refractivity contribution < 1.29 is 32.2 Å². The third-order valence-electron chi connectivity index (χ3n) is 7.03. The van der Waals surface area contributed by atoms with Gasteiger partial charge in [-0.2, -0.15) is 23.1 Å². The standard InChI is InChI=1S/C25H27F3N6O4/c26-25(27,28)17-13-29-21-19(17)22(30-14-3-8-36-9-4-14)33-24(32-21)31-18-2-1-16(15-5-10-38-20(15)18)23(35)34-6-11-37-12-7-34/h1-2,13-14H,3-12H2,(H3,29,30,31,32,33). The fourth-order valence-electron chi connectivity index (χ4n) is 5.10. The van der Waals surface area contributed by atoms with Gasteiger partial charge in [-0.25, -0.2) is 0 Å². The van der Waals surface area contributed by atoms with Gasteiger partial charge in [0.2, 0.25) is 5.95 Å². The lowest BCUT2D eigenvalue weighted by atomic mass is 10.0. The normalized spacial score (nSPS) is 18.3. The number of hydrogen-bond donors (Lipinski definition) is 3. The van der Waals surface area contributed by atoms with Crippen LogP contribution in [0.15, 0.2) is 18.3 Å². The maximum Gasteiger partial charge on any atom is 0.418 e. The molecule has 0 bridgehead atoms. The van der Waals surface area contributed by atoms with Crippen molar-refractivity contribution in [2.45, 2.75) is 31.5 Å². The van der Waals surface area contributed by atoms with E-state index >= 15 is 0 Å². The smallest absolute Gasteiger partial charge is 0.418 e. The highest BCUT2D eigenvalue weighted by atomic mass is 19.4. The number of hydrogen-bond acceptors (Lipinski definition) is 8. The summed E-state index contributed by atoms with van der Waals surface area (Å²) in [4.78, 5) is 26.3. The lowest BCUT2D eigenvalue weighted by Crippen LogP contribution is -2.41. The average molecular weight is 533 g/mol. The molecule has 3 N–H and O–H groups in total. The molecular weight excluding hydrogens is 505 g/mol. The molecule has 0 unspecified atom stereocenters. The summed E-state index contributed by atoms with van der Waals surface area (Å²) in [6, 6.07) is 3.38. The number of benzene rings is 1. The Bertz CT molecular complexity index is 1350. The molecule has 202 valence electrons. The summed E-state index contributed by atoms with van der Waals surface area (Å²) in [6.07, 6.45) is -1.79. The third kappa shape index (κ3) is 4.71. The summed E-state index contributed by atoms with van der Waals surface area (Å²) in [5, 5.41) is 6.18. The van der Waals surface area contributed by atoms with Crippen LogP contribution in [0.4, 0.5) is 30.6 Å². The van der Waals surface area contributed by atoms with Gasteiger partial charge in [-0.15, -0.1) is 0 Å². The molecule has 0 spiro atoms. The molecule has 0 aliphatic carbocycles. The zero-order chi connectivity index (χ0) is 26.3. The quantitative estimate of drug-likeness (QED) is 0.456. The van der Waals surface area contributed by atoms with Gasteiger partial charge in [0.25, 0.3) is 5.91 Å². The van der Waals surface area contributed by atoms with Gasteiger partial charge in [0.05, 0.1) is 36.5 Å². The first kappa shape index (κ1) is 24.7. The number of carbonyl (C=O) groups excluding carboxylic acids is 1. The highest BCUT2D eigenvalue weighted by Gasteiger charge is 2.36. The second kappa shape index (κ2) is 9.95.